The molecule has 1 aromatic heterocycles. The van der Waals surface area contributed by atoms with E-state index in [2.05, 4.69) is 22.4 Å². The zero-order chi connectivity index (χ0) is 11.1. The van der Waals surface area contributed by atoms with Crippen molar-refractivity contribution in [2.75, 3.05) is 11.5 Å². The molecule has 1 unspecified atom stereocenters. The van der Waals surface area contributed by atoms with Gasteiger partial charge in [-0.2, -0.15) is 16.9 Å². The van der Waals surface area contributed by atoms with Gasteiger partial charge < -0.3 is 5.32 Å². The third-order valence-corrected chi connectivity index (χ3v) is 2.97. The lowest BCUT2D eigenvalue weighted by Gasteiger charge is -2.12. The average molecular weight is 227 g/mol. The van der Waals surface area contributed by atoms with Crippen molar-refractivity contribution in [2.45, 2.75) is 26.3 Å². The molecule has 0 bridgehead atoms. The average Bonchev–Trinajstić information content (AvgIpc) is 2.70. The monoisotopic (exact) mass is 227 g/mol. The van der Waals surface area contributed by atoms with Crippen molar-refractivity contribution in [3.63, 3.8) is 0 Å². The Morgan fingerprint density at radius 2 is 2.53 bits per heavy atom. The molecule has 0 aliphatic carbocycles. The van der Waals surface area contributed by atoms with Crippen LogP contribution in [0.3, 0.4) is 0 Å². The number of rotatable bonds is 6. The van der Waals surface area contributed by atoms with Crippen LogP contribution in [0.15, 0.2) is 12.4 Å². The first kappa shape index (κ1) is 12.1. The quantitative estimate of drug-likeness (QED) is 0.727. The van der Waals surface area contributed by atoms with Crippen molar-refractivity contribution in [3.05, 3.63) is 18.0 Å². The van der Waals surface area contributed by atoms with Crippen molar-refractivity contribution >= 4 is 17.7 Å². The molecule has 15 heavy (non-hydrogen) atoms. The highest BCUT2D eigenvalue weighted by Gasteiger charge is 2.09. The lowest BCUT2D eigenvalue weighted by Crippen LogP contribution is -2.32. The van der Waals surface area contributed by atoms with Crippen LogP contribution in [0.4, 0.5) is 0 Å². The van der Waals surface area contributed by atoms with E-state index >= 15 is 0 Å². The van der Waals surface area contributed by atoms with Gasteiger partial charge in [-0.25, -0.2) is 0 Å². The van der Waals surface area contributed by atoms with Crippen LogP contribution in [-0.4, -0.2) is 33.7 Å². The van der Waals surface area contributed by atoms with E-state index in [0.717, 1.165) is 17.9 Å². The Labute approximate surface area is 94.2 Å². The summed E-state index contributed by atoms with van der Waals surface area (Å²) in [5.41, 5.74) is 0.588. The van der Waals surface area contributed by atoms with Crippen molar-refractivity contribution < 1.29 is 4.79 Å². The van der Waals surface area contributed by atoms with Gasteiger partial charge in [-0.05, 0) is 24.9 Å². The molecule has 1 atom stereocenters. The first-order chi connectivity index (χ1) is 7.24. The Morgan fingerprint density at radius 3 is 3.13 bits per heavy atom. The molecule has 0 aliphatic rings. The van der Waals surface area contributed by atoms with E-state index < -0.39 is 0 Å². The molecular weight excluding hydrogens is 210 g/mol. The maximum atomic E-state index is 11.6. The van der Waals surface area contributed by atoms with Gasteiger partial charge in [0.2, 0.25) is 0 Å². The molecule has 0 spiro atoms. The SMILES string of the molecule is CCSCCC(C)NC(=O)c1cn[nH]c1. The van der Waals surface area contributed by atoms with E-state index in [1.807, 2.05) is 18.7 Å². The van der Waals surface area contributed by atoms with E-state index in [4.69, 9.17) is 0 Å². The van der Waals surface area contributed by atoms with Crippen LogP contribution < -0.4 is 5.32 Å². The van der Waals surface area contributed by atoms with Gasteiger partial charge in [0.1, 0.15) is 0 Å². The number of carbonyl (C=O) groups is 1. The molecule has 1 amide bonds. The molecule has 0 aromatic carbocycles. The van der Waals surface area contributed by atoms with Gasteiger partial charge in [0, 0.05) is 12.2 Å². The Kier molecular flexibility index (Phi) is 5.25. The third kappa shape index (κ3) is 4.38. The lowest BCUT2D eigenvalue weighted by atomic mass is 10.2. The number of aromatic amines is 1. The minimum absolute atomic E-state index is 0.0576. The smallest absolute Gasteiger partial charge is 0.254 e. The molecule has 1 rings (SSSR count). The standard InChI is InChI=1S/C10H17N3OS/c1-3-15-5-4-8(2)13-10(14)9-6-11-12-7-9/h6-8H,3-5H2,1-2H3,(H,11,12)(H,13,14). The summed E-state index contributed by atoms with van der Waals surface area (Å²) in [5, 5.41) is 9.29. The fourth-order valence-corrected chi connectivity index (χ4v) is 1.97. The number of hydrogen-bond donors (Lipinski definition) is 2. The number of H-pyrrole nitrogens is 1. The van der Waals surface area contributed by atoms with Gasteiger partial charge in [-0.3, -0.25) is 9.89 Å². The van der Waals surface area contributed by atoms with Crippen LogP contribution in [0, 0.1) is 0 Å². The zero-order valence-electron chi connectivity index (χ0n) is 9.12. The van der Waals surface area contributed by atoms with E-state index in [1.54, 1.807) is 6.20 Å². The summed E-state index contributed by atoms with van der Waals surface area (Å²) in [5.74, 6) is 2.16. The molecule has 84 valence electrons. The Morgan fingerprint density at radius 1 is 1.73 bits per heavy atom. The normalized spacial score (nSPS) is 12.4. The van der Waals surface area contributed by atoms with Crippen LogP contribution in [0.5, 0.6) is 0 Å². The number of aromatic nitrogens is 2. The lowest BCUT2D eigenvalue weighted by molar-refractivity contribution is 0.0939. The molecule has 0 aliphatic heterocycles. The summed E-state index contributed by atoms with van der Waals surface area (Å²) in [7, 11) is 0. The molecule has 4 nitrogen and oxygen atoms in total. The number of nitrogens with zero attached hydrogens (tertiary/aromatic N) is 1. The second kappa shape index (κ2) is 6.50. The molecule has 0 saturated heterocycles. The largest absolute Gasteiger partial charge is 0.349 e. The van der Waals surface area contributed by atoms with Gasteiger partial charge in [0.05, 0.1) is 11.8 Å². The Bertz CT molecular complexity index is 287. The molecule has 0 fully saturated rings. The summed E-state index contributed by atoms with van der Waals surface area (Å²) in [6.45, 7) is 4.16. The van der Waals surface area contributed by atoms with E-state index in [0.29, 0.717) is 5.56 Å². The van der Waals surface area contributed by atoms with Crippen LogP contribution >= 0.6 is 11.8 Å². The molecule has 1 heterocycles. The summed E-state index contributed by atoms with van der Waals surface area (Å²) in [6.07, 6.45) is 4.13. The minimum Gasteiger partial charge on any atom is -0.349 e. The van der Waals surface area contributed by atoms with Crippen molar-refractivity contribution in [1.82, 2.24) is 15.5 Å². The van der Waals surface area contributed by atoms with Gasteiger partial charge in [0.15, 0.2) is 0 Å². The van der Waals surface area contributed by atoms with Gasteiger partial charge in [0.25, 0.3) is 5.91 Å². The maximum Gasteiger partial charge on any atom is 0.254 e. The summed E-state index contributed by atoms with van der Waals surface area (Å²) in [4.78, 5) is 11.6. The molecule has 0 saturated carbocycles. The van der Waals surface area contributed by atoms with Crippen molar-refractivity contribution in [2.24, 2.45) is 0 Å². The number of amides is 1. The predicted octanol–water partition coefficient (Wildman–Crippen LogP) is 1.67. The van der Waals surface area contributed by atoms with Crippen molar-refractivity contribution in [3.8, 4) is 0 Å². The zero-order valence-corrected chi connectivity index (χ0v) is 9.93. The number of thioether (sulfide) groups is 1. The fraction of sp³-hybridized carbons (Fsp3) is 0.600. The minimum atomic E-state index is -0.0576. The molecule has 5 heteroatoms. The topological polar surface area (TPSA) is 57.8 Å². The van der Waals surface area contributed by atoms with Gasteiger partial charge in [-0.1, -0.05) is 6.92 Å². The number of hydrogen-bond acceptors (Lipinski definition) is 3. The van der Waals surface area contributed by atoms with E-state index in [9.17, 15) is 4.79 Å². The maximum absolute atomic E-state index is 11.6. The van der Waals surface area contributed by atoms with Crippen molar-refractivity contribution in [1.29, 1.82) is 0 Å². The Hall–Kier alpha value is -0.970. The highest BCUT2D eigenvalue weighted by Crippen LogP contribution is 2.04. The molecule has 0 radical (unpaired) electrons. The first-order valence-corrected chi connectivity index (χ1v) is 6.27. The highest BCUT2D eigenvalue weighted by atomic mass is 32.2. The summed E-state index contributed by atoms with van der Waals surface area (Å²) in [6, 6.07) is 0.214. The van der Waals surface area contributed by atoms with E-state index in [1.165, 1.54) is 6.20 Å². The van der Waals surface area contributed by atoms with Gasteiger partial charge >= 0.3 is 0 Å². The van der Waals surface area contributed by atoms with Crippen LogP contribution in [-0.2, 0) is 0 Å². The molecule has 1 aromatic rings. The van der Waals surface area contributed by atoms with Crippen LogP contribution in [0.2, 0.25) is 0 Å². The second-order valence-corrected chi connectivity index (χ2v) is 4.74. The third-order valence-electron chi connectivity index (χ3n) is 2.04. The Balaban J connectivity index is 2.26. The van der Waals surface area contributed by atoms with Gasteiger partial charge in [-0.15, -0.1) is 0 Å². The predicted molar refractivity (Wildman–Crippen MR) is 63.1 cm³/mol. The second-order valence-electron chi connectivity index (χ2n) is 3.35. The van der Waals surface area contributed by atoms with Crippen LogP contribution in [0.25, 0.3) is 0 Å². The number of carbonyl (C=O) groups excluding carboxylic acids is 1. The first-order valence-electron chi connectivity index (χ1n) is 5.11. The highest BCUT2D eigenvalue weighted by molar-refractivity contribution is 7.99. The molecular formula is C10H17N3OS. The van der Waals surface area contributed by atoms with Crippen LogP contribution in [0.1, 0.15) is 30.6 Å². The fourth-order valence-electron chi connectivity index (χ4n) is 1.16. The van der Waals surface area contributed by atoms with E-state index in [-0.39, 0.29) is 11.9 Å². The summed E-state index contributed by atoms with van der Waals surface area (Å²) >= 11 is 1.89. The molecule has 2 N–H and O–H groups in total. The summed E-state index contributed by atoms with van der Waals surface area (Å²) < 4.78 is 0. The number of nitrogens with one attached hydrogen (secondary N) is 2.